The second kappa shape index (κ2) is 8.53. The van der Waals surface area contributed by atoms with Crippen LogP contribution in [-0.4, -0.2) is 21.8 Å². The lowest BCUT2D eigenvalue weighted by Crippen LogP contribution is -2.42. The Kier molecular flexibility index (Phi) is 5.49. The summed E-state index contributed by atoms with van der Waals surface area (Å²) in [5.41, 5.74) is 6.15. The minimum Gasteiger partial charge on any atom is -0.267 e. The number of fused-ring (bicyclic) bond motifs is 1. The Bertz CT molecular complexity index is 1180. The molecule has 0 bridgehead atoms. The number of carbonyl (C=O) groups is 2. The largest absolute Gasteiger partial charge is 0.288 e. The highest BCUT2D eigenvalue weighted by Gasteiger charge is 2.15. The van der Waals surface area contributed by atoms with E-state index in [9.17, 15) is 9.59 Å². The second-order valence-corrected chi connectivity index (χ2v) is 7.13. The lowest BCUT2D eigenvalue weighted by atomic mass is 10.2. The predicted octanol–water partition coefficient (Wildman–Crippen LogP) is 3.86. The van der Waals surface area contributed by atoms with Gasteiger partial charge >= 0.3 is 0 Å². The Morgan fingerprint density at radius 2 is 1.52 bits per heavy atom. The van der Waals surface area contributed by atoms with Crippen molar-refractivity contribution in [1.29, 1.82) is 0 Å². The third-order valence-electron chi connectivity index (χ3n) is 4.09. The summed E-state index contributed by atoms with van der Waals surface area (Å²) in [4.78, 5) is 34.6. The van der Waals surface area contributed by atoms with Gasteiger partial charge in [-0.05, 0) is 36.4 Å². The molecule has 0 aliphatic carbocycles. The first-order valence-electron chi connectivity index (χ1n) is 8.85. The van der Waals surface area contributed by atoms with Crippen LogP contribution in [-0.2, 0) is 0 Å². The maximum absolute atomic E-state index is 12.6. The van der Waals surface area contributed by atoms with Gasteiger partial charge in [0.05, 0.1) is 11.1 Å². The van der Waals surface area contributed by atoms with Gasteiger partial charge in [-0.15, -0.1) is 0 Å². The number of rotatable bonds is 4. The molecule has 0 unspecified atom stereocenters. The fraction of sp³-hybridized carbons (Fsp3) is 0. The number of carbonyl (C=O) groups excluding carboxylic acids is 2. The van der Waals surface area contributed by atoms with Gasteiger partial charge in [0.2, 0.25) is 0 Å². The molecule has 0 spiro atoms. The number of nitrogens with one attached hydrogen (secondary N) is 2. The number of nitrogens with zero attached hydrogens (tertiary/aromatic N) is 2. The van der Waals surface area contributed by atoms with E-state index >= 15 is 0 Å². The average Bonchev–Trinajstić information content (AvgIpc) is 2.78. The minimum atomic E-state index is -0.495. The third-order valence-corrected chi connectivity index (χ3v) is 5.12. The molecule has 4 aromatic rings. The molecule has 2 aromatic heterocycles. The Balaban J connectivity index is 1.46. The van der Waals surface area contributed by atoms with Crippen LogP contribution in [0.4, 0.5) is 0 Å². The van der Waals surface area contributed by atoms with Crippen molar-refractivity contribution in [3.05, 3.63) is 96.3 Å². The molecule has 4 rings (SSSR count). The molecule has 2 aromatic carbocycles. The van der Waals surface area contributed by atoms with Gasteiger partial charge in [0, 0.05) is 16.5 Å². The molecule has 2 heterocycles. The number of amides is 2. The van der Waals surface area contributed by atoms with E-state index in [0.29, 0.717) is 16.1 Å². The van der Waals surface area contributed by atoms with Gasteiger partial charge in [-0.3, -0.25) is 20.4 Å². The summed E-state index contributed by atoms with van der Waals surface area (Å²) in [7, 11) is 0. The van der Waals surface area contributed by atoms with Gasteiger partial charge in [-0.1, -0.05) is 54.2 Å². The number of hydrazine groups is 1. The number of pyridine rings is 2. The van der Waals surface area contributed by atoms with Crippen molar-refractivity contribution in [2.45, 2.75) is 9.92 Å². The van der Waals surface area contributed by atoms with Gasteiger partial charge in [-0.2, -0.15) is 0 Å². The molecular weight excluding hydrogens is 384 g/mol. The topological polar surface area (TPSA) is 84.0 Å². The van der Waals surface area contributed by atoms with Crippen LogP contribution in [0.1, 0.15) is 20.8 Å². The van der Waals surface area contributed by atoms with E-state index < -0.39 is 11.8 Å². The van der Waals surface area contributed by atoms with Gasteiger partial charge in [0.1, 0.15) is 10.7 Å². The van der Waals surface area contributed by atoms with Crippen molar-refractivity contribution in [2.24, 2.45) is 0 Å². The fourth-order valence-electron chi connectivity index (χ4n) is 2.68. The molecule has 0 aliphatic rings. The van der Waals surface area contributed by atoms with Crippen LogP contribution in [0.3, 0.4) is 0 Å². The van der Waals surface area contributed by atoms with Gasteiger partial charge in [0.25, 0.3) is 11.8 Å². The molecule has 0 aliphatic heterocycles. The first-order chi connectivity index (χ1) is 14.2. The molecule has 0 atom stereocenters. The van der Waals surface area contributed by atoms with Gasteiger partial charge in [-0.25, -0.2) is 9.97 Å². The summed E-state index contributed by atoms with van der Waals surface area (Å²) < 4.78 is 0. The maximum atomic E-state index is 12.6. The lowest BCUT2D eigenvalue weighted by molar-refractivity contribution is 0.0842. The van der Waals surface area contributed by atoms with Crippen molar-refractivity contribution in [3.8, 4) is 0 Å². The Morgan fingerprint density at radius 3 is 2.38 bits per heavy atom. The first-order valence-corrected chi connectivity index (χ1v) is 9.67. The smallest absolute Gasteiger partial charge is 0.267 e. The van der Waals surface area contributed by atoms with E-state index in [-0.39, 0.29) is 5.69 Å². The second-order valence-electron chi connectivity index (χ2n) is 6.07. The van der Waals surface area contributed by atoms with E-state index in [4.69, 9.17) is 0 Å². The van der Waals surface area contributed by atoms with Crippen LogP contribution in [0.25, 0.3) is 10.9 Å². The molecule has 2 N–H and O–H groups in total. The number of benzene rings is 2. The summed E-state index contributed by atoms with van der Waals surface area (Å²) >= 11 is 1.38. The molecule has 7 heteroatoms. The number of hydrogen-bond donors (Lipinski definition) is 2. The predicted molar refractivity (Wildman–Crippen MR) is 111 cm³/mol. The van der Waals surface area contributed by atoms with Crippen LogP contribution < -0.4 is 10.9 Å². The molecular formula is C22H16N4O2S. The van der Waals surface area contributed by atoms with E-state index in [1.54, 1.807) is 24.4 Å². The molecule has 0 saturated heterocycles. The maximum Gasteiger partial charge on any atom is 0.288 e. The zero-order valence-corrected chi connectivity index (χ0v) is 16.0. The van der Waals surface area contributed by atoms with E-state index in [2.05, 4.69) is 20.8 Å². The molecule has 0 fully saturated rings. The summed E-state index contributed by atoms with van der Waals surface area (Å²) in [5, 5.41) is 1.49. The Labute approximate surface area is 171 Å². The molecule has 29 heavy (non-hydrogen) atoms. The number of hydrogen-bond acceptors (Lipinski definition) is 5. The highest BCUT2D eigenvalue weighted by Crippen LogP contribution is 2.28. The monoisotopic (exact) mass is 400 g/mol. The first kappa shape index (κ1) is 18.6. The number of aromatic nitrogens is 2. The molecule has 142 valence electrons. The summed E-state index contributed by atoms with van der Waals surface area (Å²) in [6, 6.07) is 23.9. The van der Waals surface area contributed by atoms with E-state index in [1.165, 1.54) is 11.8 Å². The molecule has 6 nitrogen and oxygen atoms in total. The molecule has 2 amide bonds. The molecule has 0 radical (unpaired) electrons. The summed E-state index contributed by atoms with van der Waals surface area (Å²) in [6.45, 7) is 0. The zero-order valence-electron chi connectivity index (χ0n) is 15.2. The van der Waals surface area contributed by atoms with Crippen molar-refractivity contribution < 1.29 is 9.59 Å². The van der Waals surface area contributed by atoms with Gasteiger partial charge in [0.15, 0.2) is 0 Å². The minimum absolute atomic E-state index is 0.217. The number of para-hydroxylation sites is 1. The summed E-state index contributed by atoms with van der Waals surface area (Å²) in [6.07, 6.45) is 1.62. The van der Waals surface area contributed by atoms with E-state index in [0.717, 1.165) is 10.3 Å². The SMILES string of the molecule is O=C(NNC(=O)c1cccnc1Sc1ccccc1)c1ccc2ccccc2n1. The van der Waals surface area contributed by atoms with Crippen LogP contribution in [0.2, 0.25) is 0 Å². The quantitative estimate of drug-likeness (QED) is 0.508. The highest BCUT2D eigenvalue weighted by molar-refractivity contribution is 7.99. The summed E-state index contributed by atoms with van der Waals surface area (Å²) in [5.74, 6) is -0.948. The van der Waals surface area contributed by atoms with Crippen molar-refractivity contribution in [3.63, 3.8) is 0 Å². The van der Waals surface area contributed by atoms with Crippen molar-refractivity contribution in [2.75, 3.05) is 0 Å². The Morgan fingerprint density at radius 1 is 0.759 bits per heavy atom. The van der Waals surface area contributed by atoms with Crippen LogP contribution in [0.5, 0.6) is 0 Å². The standard InChI is InChI=1S/C22H16N4O2S/c27-20(17-10-6-14-23-22(17)29-16-8-2-1-3-9-16)25-26-21(28)19-13-12-15-7-4-5-11-18(15)24-19/h1-14H,(H,25,27)(H,26,28). The van der Waals surface area contributed by atoms with E-state index in [1.807, 2.05) is 60.7 Å². The fourth-order valence-corrected chi connectivity index (χ4v) is 3.58. The zero-order chi connectivity index (χ0) is 20.1. The average molecular weight is 400 g/mol. The lowest BCUT2D eigenvalue weighted by Gasteiger charge is -2.10. The molecule has 0 saturated carbocycles. The third kappa shape index (κ3) is 4.41. The van der Waals surface area contributed by atoms with Crippen molar-refractivity contribution >= 4 is 34.5 Å². The highest BCUT2D eigenvalue weighted by atomic mass is 32.2. The van der Waals surface area contributed by atoms with Crippen LogP contribution >= 0.6 is 11.8 Å². The van der Waals surface area contributed by atoms with Crippen molar-refractivity contribution in [1.82, 2.24) is 20.8 Å². The van der Waals surface area contributed by atoms with Gasteiger partial charge < -0.3 is 0 Å². The normalized spacial score (nSPS) is 10.5. The van der Waals surface area contributed by atoms with Crippen LogP contribution in [0.15, 0.2) is 95.0 Å². The Hall–Kier alpha value is -3.71. The van der Waals surface area contributed by atoms with Crippen LogP contribution in [0, 0.1) is 0 Å².